The topological polar surface area (TPSA) is 55.6 Å². The number of hydrogen-bond acceptors (Lipinski definition) is 3. The Morgan fingerprint density at radius 1 is 1.21 bits per heavy atom. The molecule has 0 bridgehead atoms. The second-order valence-corrected chi connectivity index (χ2v) is 5.62. The molecular weight excluding hydrogens is 333 g/mol. The molecule has 24 heavy (non-hydrogen) atoms. The number of hydrogen-bond donors (Lipinski definition) is 1. The number of nitrogens with zero attached hydrogens (tertiary/aromatic N) is 2. The molecule has 0 unspecified atom stereocenters. The number of nitrogens with one attached hydrogen (secondary N) is 1. The fourth-order valence-corrected chi connectivity index (χ4v) is 2.37. The van der Waals surface area contributed by atoms with Gasteiger partial charge in [-0.05, 0) is 36.4 Å². The number of carbonyl (C=O) groups excluding carboxylic acids is 1. The van der Waals surface area contributed by atoms with Crippen molar-refractivity contribution in [2.24, 2.45) is 0 Å². The molecule has 3 rings (SSSR count). The number of halogens is 2. The number of benzene rings is 1. The molecule has 0 spiro atoms. The molecule has 1 N–H and O–H groups in total. The van der Waals surface area contributed by atoms with E-state index in [1.54, 1.807) is 12.3 Å². The number of fused-ring (bicyclic) bond motifs is 1. The molecule has 0 fully saturated rings. The second-order valence-electron chi connectivity index (χ2n) is 5.19. The summed E-state index contributed by atoms with van der Waals surface area (Å²) in [5.74, 6) is -0.143. The lowest BCUT2D eigenvalue weighted by atomic mass is 10.3. The Morgan fingerprint density at radius 2 is 2.00 bits per heavy atom. The predicted octanol–water partition coefficient (Wildman–Crippen LogP) is 2.86. The molecular formula is C17H15ClFN3O2. The summed E-state index contributed by atoms with van der Waals surface area (Å²) in [6.07, 6.45) is 4.26. The highest BCUT2D eigenvalue weighted by atomic mass is 35.5. The fraction of sp³-hybridized carbons (Fsp3) is 0.176. The van der Waals surface area contributed by atoms with Gasteiger partial charge in [-0.1, -0.05) is 11.6 Å². The third kappa shape index (κ3) is 4.23. The number of ether oxygens (including phenoxy) is 1. The van der Waals surface area contributed by atoms with E-state index in [-0.39, 0.29) is 18.3 Å². The number of aromatic nitrogens is 2. The zero-order chi connectivity index (χ0) is 16.9. The van der Waals surface area contributed by atoms with Crippen molar-refractivity contribution in [1.82, 2.24) is 14.7 Å². The third-order valence-electron chi connectivity index (χ3n) is 3.35. The van der Waals surface area contributed by atoms with Crippen LogP contribution in [0.15, 0.2) is 48.8 Å². The van der Waals surface area contributed by atoms with E-state index in [9.17, 15) is 9.18 Å². The van der Waals surface area contributed by atoms with Crippen molar-refractivity contribution in [3.63, 3.8) is 0 Å². The van der Waals surface area contributed by atoms with Crippen LogP contribution in [0.25, 0.3) is 5.65 Å². The van der Waals surface area contributed by atoms with E-state index in [2.05, 4.69) is 10.3 Å². The van der Waals surface area contributed by atoms with Gasteiger partial charge in [0.2, 0.25) is 0 Å². The summed E-state index contributed by atoms with van der Waals surface area (Å²) in [7, 11) is 0. The van der Waals surface area contributed by atoms with Crippen LogP contribution in [0.2, 0.25) is 5.02 Å². The summed E-state index contributed by atoms with van der Waals surface area (Å²) >= 11 is 5.93. The zero-order valence-electron chi connectivity index (χ0n) is 12.7. The first kappa shape index (κ1) is 16.3. The van der Waals surface area contributed by atoms with E-state index in [1.807, 2.05) is 16.7 Å². The Hall–Kier alpha value is -2.60. The number of pyridine rings is 1. The highest BCUT2D eigenvalue weighted by Crippen LogP contribution is 2.12. The third-order valence-corrected chi connectivity index (χ3v) is 3.58. The minimum atomic E-state index is -0.347. The van der Waals surface area contributed by atoms with Gasteiger partial charge in [-0.25, -0.2) is 9.37 Å². The van der Waals surface area contributed by atoms with Crippen LogP contribution in [0.3, 0.4) is 0 Å². The van der Waals surface area contributed by atoms with Crippen LogP contribution < -0.4 is 10.1 Å². The van der Waals surface area contributed by atoms with Gasteiger partial charge in [0.25, 0.3) is 5.91 Å². The lowest BCUT2D eigenvalue weighted by Crippen LogP contribution is -2.30. The van der Waals surface area contributed by atoms with Gasteiger partial charge in [0, 0.05) is 25.4 Å². The normalized spacial score (nSPS) is 10.8. The van der Waals surface area contributed by atoms with E-state index in [1.165, 1.54) is 24.3 Å². The highest BCUT2D eigenvalue weighted by Gasteiger charge is 2.05. The van der Waals surface area contributed by atoms with Crippen LogP contribution >= 0.6 is 11.6 Å². The van der Waals surface area contributed by atoms with Gasteiger partial charge in [-0.15, -0.1) is 0 Å². The highest BCUT2D eigenvalue weighted by molar-refractivity contribution is 6.30. The van der Waals surface area contributed by atoms with Crippen molar-refractivity contribution in [3.8, 4) is 5.75 Å². The molecule has 7 heteroatoms. The van der Waals surface area contributed by atoms with Gasteiger partial charge in [-0.3, -0.25) is 4.79 Å². The molecule has 3 aromatic rings. The van der Waals surface area contributed by atoms with E-state index in [0.717, 1.165) is 11.3 Å². The van der Waals surface area contributed by atoms with Gasteiger partial charge in [0.1, 0.15) is 17.2 Å². The fourth-order valence-electron chi connectivity index (χ4n) is 2.20. The van der Waals surface area contributed by atoms with Crippen molar-refractivity contribution in [3.05, 3.63) is 65.3 Å². The lowest BCUT2D eigenvalue weighted by molar-refractivity contribution is -0.123. The van der Waals surface area contributed by atoms with Crippen LogP contribution in [0.4, 0.5) is 4.39 Å². The maximum Gasteiger partial charge on any atom is 0.257 e. The second kappa shape index (κ2) is 7.31. The number of carbonyl (C=O) groups is 1. The lowest BCUT2D eigenvalue weighted by Gasteiger charge is -2.06. The number of amides is 1. The molecule has 0 atom stereocenters. The summed E-state index contributed by atoms with van der Waals surface area (Å²) in [5, 5.41) is 3.39. The molecule has 5 nitrogen and oxygen atoms in total. The van der Waals surface area contributed by atoms with Crippen molar-refractivity contribution in [2.75, 3.05) is 13.2 Å². The van der Waals surface area contributed by atoms with Gasteiger partial charge in [-0.2, -0.15) is 0 Å². The molecule has 2 heterocycles. The molecule has 0 aliphatic rings. The van der Waals surface area contributed by atoms with Crippen molar-refractivity contribution >= 4 is 23.2 Å². The maximum atomic E-state index is 12.8. The molecule has 0 aliphatic heterocycles. The van der Waals surface area contributed by atoms with E-state index < -0.39 is 0 Å². The standard InChI is InChI=1S/C17H15ClFN3O2/c18-12-1-6-16-21-14(10-22(16)9-12)7-8-20-17(23)11-24-15-4-2-13(19)3-5-15/h1-6,9-10H,7-8,11H2,(H,20,23). The van der Waals surface area contributed by atoms with E-state index in [0.29, 0.717) is 23.7 Å². The van der Waals surface area contributed by atoms with E-state index in [4.69, 9.17) is 16.3 Å². The first-order valence-electron chi connectivity index (χ1n) is 7.38. The molecule has 0 saturated carbocycles. The molecule has 0 radical (unpaired) electrons. The monoisotopic (exact) mass is 347 g/mol. The molecule has 1 aromatic carbocycles. The minimum Gasteiger partial charge on any atom is -0.484 e. The summed E-state index contributed by atoms with van der Waals surface area (Å²) < 4.78 is 19.9. The van der Waals surface area contributed by atoms with Crippen LogP contribution in [-0.4, -0.2) is 28.4 Å². The van der Waals surface area contributed by atoms with E-state index >= 15 is 0 Å². The Kier molecular flexibility index (Phi) is 4.96. The molecule has 124 valence electrons. The Morgan fingerprint density at radius 3 is 2.79 bits per heavy atom. The van der Waals surface area contributed by atoms with Crippen molar-refractivity contribution in [2.45, 2.75) is 6.42 Å². The maximum absolute atomic E-state index is 12.8. The van der Waals surface area contributed by atoms with Gasteiger partial charge in [0.05, 0.1) is 10.7 Å². The Labute approximate surface area is 143 Å². The first-order chi connectivity index (χ1) is 11.6. The Bertz CT molecular complexity index is 849. The SMILES string of the molecule is O=C(COc1ccc(F)cc1)NCCc1cn2cc(Cl)ccc2n1. The van der Waals surface area contributed by atoms with Crippen LogP contribution in [0, 0.1) is 5.82 Å². The average molecular weight is 348 g/mol. The smallest absolute Gasteiger partial charge is 0.257 e. The Balaban J connectivity index is 1.44. The predicted molar refractivity (Wildman–Crippen MR) is 88.8 cm³/mol. The summed E-state index contributed by atoms with van der Waals surface area (Å²) in [6.45, 7) is 0.329. The van der Waals surface area contributed by atoms with Crippen LogP contribution in [-0.2, 0) is 11.2 Å². The van der Waals surface area contributed by atoms with Gasteiger partial charge in [0.15, 0.2) is 6.61 Å². The van der Waals surface area contributed by atoms with Crippen LogP contribution in [0.1, 0.15) is 5.69 Å². The van der Waals surface area contributed by atoms with Gasteiger partial charge < -0.3 is 14.5 Å². The molecule has 0 saturated heterocycles. The quantitative estimate of drug-likeness (QED) is 0.746. The molecule has 1 amide bonds. The number of imidazole rings is 1. The average Bonchev–Trinajstić information content (AvgIpc) is 2.96. The summed E-state index contributed by atoms with van der Waals surface area (Å²) in [4.78, 5) is 16.2. The van der Waals surface area contributed by atoms with Crippen molar-refractivity contribution < 1.29 is 13.9 Å². The van der Waals surface area contributed by atoms with Crippen molar-refractivity contribution in [1.29, 1.82) is 0 Å². The minimum absolute atomic E-state index is 0.119. The van der Waals surface area contributed by atoms with Crippen LogP contribution in [0.5, 0.6) is 5.75 Å². The summed E-state index contributed by atoms with van der Waals surface area (Å²) in [5.41, 5.74) is 1.66. The largest absolute Gasteiger partial charge is 0.484 e. The number of rotatable bonds is 6. The molecule has 0 aliphatic carbocycles. The van der Waals surface area contributed by atoms with Gasteiger partial charge >= 0.3 is 0 Å². The zero-order valence-corrected chi connectivity index (χ0v) is 13.5. The first-order valence-corrected chi connectivity index (χ1v) is 7.76. The summed E-state index contributed by atoms with van der Waals surface area (Å²) in [6, 6.07) is 9.13. The molecule has 2 aromatic heterocycles.